The molecule has 3 aromatic carbocycles. The number of rotatable bonds is 3. The molecule has 166 valence electrons. The Balaban J connectivity index is 0.000000523. The monoisotopic (exact) mass is 461 g/mol. The maximum absolute atomic E-state index is 9.75. The van der Waals surface area contributed by atoms with Crippen LogP contribution in [0.4, 0.5) is 23.0 Å². The van der Waals surface area contributed by atoms with Gasteiger partial charge in [0.25, 0.3) is 0 Å². The summed E-state index contributed by atoms with van der Waals surface area (Å²) in [5.74, 6) is 0.827. The van der Waals surface area contributed by atoms with Crippen LogP contribution in [0.1, 0.15) is 18.1 Å². The van der Waals surface area contributed by atoms with E-state index in [1.54, 1.807) is 0 Å². The highest BCUT2D eigenvalue weighted by Crippen LogP contribution is 2.22. The van der Waals surface area contributed by atoms with Gasteiger partial charge >= 0.3 is 7.25 Å². The van der Waals surface area contributed by atoms with Crippen molar-refractivity contribution in [1.82, 2.24) is 0 Å². The summed E-state index contributed by atoms with van der Waals surface area (Å²) in [7, 11) is -6.00. The van der Waals surface area contributed by atoms with Crippen LogP contribution >= 0.6 is 11.6 Å². The van der Waals surface area contributed by atoms with Gasteiger partial charge in [0.05, 0.1) is 16.5 Å². The lowest BCUT2D eigenvalue weighted by atomic mass is 10.1. The normalized spacial score (nSPS) is 11.9. The molecule has 8 heteroatoms. The van der Waals surface area contributed by atoms with Crippen molar-refractivity contribution in [3.8, 4) is 11.3 Å². The van der Waals surface area contributed by atoms with E-state index >= 15 is 0 Å². The molecule has 0 saturated heterocycles. The number of benzene rings is 3. The van der Waals surface area contributed by atoms with E-state index in [-0.39, 0.29) is 0 Å². The van der Waals surface area contributed by atoms with Gasteiger partial charge in [-0.2, -0.15) is 0 Å². The molecule has 32 heavy (non-hydrogen) atoms. The van der Waals surface area contributed by atoms with E-state index < -0.39 is 7.25 Å². The fourth-order valence-corrected chi connectivity index (χ4v) is 3.31. The first kappa shape index (κ1) is 23.6. The SMILES string of the molecule is CCc1ccc2oc(-c3ccccc3)cc(=[NH+]c3ccc(C)c(Cl)c3)c2c1.F[B-](F)(F)F. The highest BCUT2D eigenvalue weighted by molar-refractivity contribution is 6.50. The Morgan fingerprint density at radius 2 is 1.59 bits per heavy atom. The maximum atomic E-state index is 9.75. The summed E-state index contributed by atoms with van der Waals surface area (Å²) in [6.07, 6.45) is 0.978. The Bertz CT molecular complexity index is 1280. The average molecular weight is 462 g/mol. The van der Waals surface area contributed by atoms with Gasteiger partial charge in [-0.3, -0.25) is 0 Å². The van der Waals surface area contributed by atoms with E-state index in [9.17, 15) is 17.3 Å². The van der Waals surface area contributed by atoms with Crippen LogP contribution in [0, 0.1) is 6.92 Å². The summed E-state index contributed by atoms with van der Waals surface area (Å²) < 4.78 is 45.2. The van der Waals surface area contributed by atoms with E-state index in [1.807, 2.05) is 49.4 Å². The van der Waals surface area contributed by atoms with Gasteiger partial charge in [0.15, 0.2) is 0 Å². The van der Waals surface area contributed by atoms with Crippen LogP contribution < -0.4 is 10.3 Å². The second-order valence-electron chi connectivity index (χ2n) is 7.16. The minimum atomic E-state index is -6.00. The minimum absolute atomic E-state index is 0.752. The highest BCUT2D eigenvalue weighted by Gasteiger charge is 2.20. The number of fused-ring (bicyclic) bond motifs is 1. The molecule has 1 N–H and O–H groups in total. The summed E-state index contributed by atoms with van der Waals surface area (Å²) in [5.41, 5.74) is 5.20. The van der Waals surface area contributed by atoms with E-state index in [0.29, 0.717) is 0 Å². The molecule has 0 aliphatic heterocycles. The van der Waals surface area contributed by atoms with Crippen molar-refractivity contribution >= 4 is 35.5 Å². The van der Waals surface area contributed by atoms with Crippen LogP contribution in [0.15, 0.2) is 77.2 Å². The van der Waals surface area contributed by atoms with Gasteiger partial charge in [-0.15, -0.1) is 0 Å². The van der Waals surface area contributed by atoms with E-state index in [1.165, 1.54) is 5.56 Å². The fraction of sp³-hybridized carbons (Fsp3) is 0.125. The number of nitrogens with one attached hydrogen (secondary N) is 1. The number of hydrogen-bond acceptors (Lipinski definition) is 1. The van der Waals surface area contributed by atoms with Crippen molar-refractivity contribution in [2.45, 2.75) is 20.3 Å². The molecule has 0 aliphatic rings. The van der Waals surface area contributed by atoms with Crippen LogP contribution in [0.5, 0.6) is 0 Å². The molecule has 0 atom stereocenters. The Kier molecular flexibility index (Phi) is 7.41. The smallest absolute Gasteiger partial charge is 0.456 e. The fourth-order valence-electron chi connectivity index (χ4n) is 3.13. The summed E-state index contributed by atoms with van der Waals surface area (Å²) in [6.45, 7) is 4.16. The van der Waals surface area contributed by atoms with Gasteiger partial charge in [0.2, 0.25) is 11.0 Å². The van der Waals surface area contributed by atoms with Gasteiger partial charge in [0, 0.05) is 17.7 Å². The Hall–Kier alpha value is -3.06. The number of halogens is 5. The van der Waals surface area contributed by atoms with Gasteiger partial charge in [0.1, 0.15) is 11.3 Å². The summed E-state index contributed by atoms with van der Waals surface area (Å²) in [5, 5.41) is 2.82. The Morgan fingerprint density at radius 1 is 0.906 bits per heavy atom. The van der Waals surface area contributed by atoms with Crippen molar-refractivity contribution in [3.05, 3.63) is 94.3 Å². The Morgan fingerprint density at radius 3 is 2.22 bits per heavy atom. The van der Waals surface area contributed by atoms with Gasteiger partial charge < -0.3 is 21.7 Å². The lowest BCUT2D eigenvalue weighted by molar-refractivity contribution is -0.400. The van der Waals surface area contributed by atoms with Crippen LogP contribution in [-0.2, 0) is 6.42 Å². The third kappa shape index (κ3) is 6.47. The first-order chi connectivity index (χ1) is 15.1. The van der Waals surface area contributed by atoms with E-state index in [4.69, 9.17) is 16.0 Å². The zero-order valence-electron chi connectivity index (χ0n) is 17.5. The molecule has 0 saturated carbocycles. The molecule has 4 aromatic rings. The first-order valence-corrected chi connectivity index (χ1v) is 10.4. The van der Waals surface area contributed by atoms with Crippen molar-refractivity contribution < 1.29 is 26.7 Å². The third-order valence-corrected chi connectivity index (χ3v) is 5.15. The van der Waals surface area contributed by atoms with Gasteiger partial charge in [-0.25, -0.2) is 4.99 Å². The second kappa shape index (κ2) is 10.0. The van der Waals surface area contributed by atoms with Gasteiger partial charge in [-0.05, 0) is 36.6 Å². The number of hydrogen-bond donors (Lipinski definition) is 1. The molecule has 2 nitrogen and oxygen atoms in total. The molecule has 0 unspecified atom stereocenters. The molecule has 1 heterocycles. The summed E-state index contributed by atoms with van der Waals surface area (Å²) in [6, 6.07) is 24.6. The van der Waals surface area contributed by atoms with Crippen LogP contribution in [0.2, 0.25) is 5.02 Å². The minimum Gasteiger partial charge on any atom is -0.456 e. The van der Waals surface area contributed by atoms with Gasteiger partial charge in [-0.1, -0.05) is 61.0 Å². The molecular formula is C24H21BClF4NO. The quantitative estimate of drug-likeness (QED) is 0.284. The predicted octanol–water partition coefficient (Wildman–Crippen LogP) is 6.24. The summed E-state index contributed by atoms with van der Waals surface area (Å²) in [4.78, 5) is 3.53. The molecule has 0 aliphatic carbocycles. The molecule has 0 spiro atoms. The van der Waals surface area contributed by atoms with E-state index in [0.717, 1.165) is 50.3 Å². The predicted molar refractivity (Wildman–Crippen MR) is 121 cm³/mol. The molecule has 1 aromatic heterocycles. The van der Waals surface area contributed by atoms with E-state index in [2.05, 4.69) is 42.2 Å². The maximum Gasteiger partial charge on any atom is 0.673 e. The zero-order valence-corrected chi connectivity index (χ0v) is 18.3. The Labute approximate surface area is 188 Å². The lowest BCUT2D eigenvalue weighted by Crippen LogP contribution is -2.70. The lowest BCUT2D eigenvalue weighted by Gasteiger charge is -2.04. The van der Waals surface area contributed by atoms with Crippen LogP contribution in [0.25, 0.3) is 22.3 Å². The van der Waals surface area contributed by atoms with Crippen molar-refractivity contribution in [2.75, 3.05) is 0 Å². The first-order valence-electron chi connectivity index (χ1n) is 9.99. The van der Waals surface area contributed by atoms with Crippen molar-refractivity contribution in [1.29, 1.82) is 0 Å². The topological polar surface area (TPSA) is 27.1 Å². The standard InChI is InChI=1S/C24H20ClNO.BF4/c1-3-17-10-12-23-20(13-17)22(26-19-11-9-16(2)21(25)14-19)15-24(27-23)18-7-5-4-6-8-18;2-1(3,4)5/h4-15H,3H2,1-2H3;/q;-1/p+1. The molecule has 4 rings (SSSR count). The summed E-state index contributed by atoms with van der Waals surface area (Å²) >= 11 is 6.31. The largest absolute Gasteiger partial charge is 0.673 e. The highest BCUT2D eigenvalue weighted by atomic mass is 35.5. The van der Waals surface area contributed by atoms with Crippen LogP contribution in [-0.4, -0.2) is 7.25 Å². The van der Waals surface area contributed by atoms with Crippen molar-refractivity contribution in [3.63, 3.8) is 0 Å². The molecule has 0 bridgehead atoms. The van der Waals surface area contributed by atoms with Crippen molar-refractivity contribution in [2.24, 2.45) is 0 Å². The zero-order chi connectivity index (χ0) is 23.3. The average Bonchev–Trinajstić information content (AvgIpc) is 2.75. The molecular weight excluding hydrogens is 441 g/mol. The van der Waals surface area contributed by atoms with Crippen LogP contribution in [0.3, 0.4) is 0 Å². The molecule has 0 radical (unpaired) electrons. The molecule has 0 fully saturated rings. The number of aryl methyl sites for hydroxylation is 2. The molecule has 0 amide bonds. The third-order valence-electron chi connectivity index (χ3n) is 4.75. The second-order valence-corrected chi connectivity index (χ2v) is 7.57.